The standard InChI is InChI=1S/C14H19NO2/c16-13-9-12(10-13)15-14(17)8-4-7-11-5-2-1-3-6-11/h1-3,5-6,12-13,16H,4,7-10H2,(H,15,17). The predicted molar refractivity (Wildman–Crippen MR) is 66.6 cm³/mol. The minimum Gasteiger partial charge on any atom is -0.393 e. The van der Waals surface area contributed by atoms with E-state index in [9.17, 15) is 4.79 Å². The van der Waals surface area contributed by atoms with Gasteiger partial charge in [-0.1, -0.05) is 30.3 Å². The van der Waals surface area contributed by atoms with Crippen molar-refractivity contribution in [2.45, 2.75) is 44.2 Å². The maximum absolute atomic E-state index is 11.6. The minimum absolute atomic E-state index is 0.109. The Hall–Kier alpha value is -1.35. The Balaban J connectivity index is 1.60. The van der Waals surface area contributed by atoms with Crippen molar-refractivity contribution in [1.82, 2.24) is 5.32 Å². The summed E-state index contributed by atoms with van der Waals surface area (Å²) in [6, 6.07) is 10.4. The molecule has 1 amide bonds. The summed E-state index contributed by atoms with van der Waals surface area (Å²) in [6.45, 7) is 0. The van der Waals surface area contributed by atoms with Crippen molar-refractivity contribution < 1.29 is 9.90 Å². The highest BCUT2D eigenvalue weighted by Crippen LogP contribution is 2.19. The molecule has 0 bridgehead atoms. The van der Waals surface area contributed by atoms with Crippen molar-refractivity contribution in [3.8, 4) is 0 Å². The third kappa shape index (κ3) is 3.86. The van der Waals surface area contributed by atoms with Crippen LogP contribution in [0.2, 0.25) is 0 Å². The van der Waals surface area contributed by atoms with E-state index in [2.05, 4.69) is 17.4 Å². The molecule has 92 valence electrons. The average molecular weight is 233 g/mol. The van der Waals surface area contributed by atoms with Gasteiger partial charge in [0.1, 0.15) is 0 Å². The Morgan fingerprint density at radius 1 is 1.29 bits per heavy atom. The molecule has 0 saturated heterocycles. The molecule has 0 spiro atoms. The Morgan fingerprint density at radius 2 is 2.00 bits per heavy atom. The van der Waals surface area contributed by atoms with E-state index in [1.807, 2.05) is 18.2 Å². The van der Waals surface area contributed by atoms with Gasteiger partial charge in [-0.2, -0.15) is 0 Å². The lowest BCUT2D eigenvalue weighted by molar-refractivity contribution is -0.123. The molecular formula is C14H19NO2. The fraction of sp³-hybridized carbons (Fsp3) is 0.500. The first-order chi connectivity index (χ1) is 8.24. The molecular weight excluding hydrogens is 214 g/mol. The number of carbonyl (C=O) groups excluding carboxylic acids is 1. The van der Waals surface area contributed by atoms with E-state index >= 15 is 0 Å². The molecule has 0 heterocycles. The minimum atomic E-state index is -0.204. The summed E-state index contributed by atoms with van der Waals surface area (Å²) in [4.78, 5) is 11.6. The Bertz CT molecular complexity index is 358. The number of hydrogen-bond donors (Lipinski definition) is 2. The predicted octanol–water partition coefficient (Wildman–Crippen LogP) is 1.65. The molecule has 3 heteroatoms. The lowest BCUT2D eigenvalue weighted by Crippen LogP contribution is -2.46. The van der Waals surface area contributed by atoms with Gasteiger partial charge in [0.05, 0.1) is 6.10 Å². The first-order valence-electron chi connectivity index (χ1n) is 6.25. The first-order valence-corrected chi connectivity index (χ1v) is 6.25. The van der Waals surface area contributed by atoms with E-state index in [-0.39, 0.29) is 18.1 Å². The molecule has 0 aliphatic heterocycles. The summed E-state index contributed by atoms with van der Waals surface area (Å²) < 4.78 is 0. The lowest BCUT2D eigenvalue weighted by atomic mass is 9.89. The zero-order chi connectivity index (χ0) is 12.1. The molecule has 0 atom stereocenters. The summed E-state index contributed by atoms with van der Waals surface area (Å²) in [5.74, 6) is 0.109. The van der Waals surface area contributed by atoms with Crippen molar-refractivity contribution >= 4 is 5.91 Å². The molecule has 2 N–H and O–H groups in total. The van der Waals surface area contributed by atoms with Crippen LogP contribution in [0.4, 0.5) is 0 Å². The topological polar surface area (TPSA) is 49.3 Å². The highest BCUT2D eigenvalue weighted by Gasteiger charge is 2.27. The maximum Gasteiger partial charge on any atom is 0.220 e. The van der Waals surface area contributed by atoms with Crippen LogP contribution in [0.15, 0.2) is 30.3 Å². The van der Waals surface area contributed by atoms with Gasteiger partial charge < -0.3 is 10.4 Å². The number of aryl methyl sites for hydroxylation is 1. The lowest BCUT2D eigenvalue weighted by Gasteiger charge is -2.31. The van der Waals surface area contributed by atoms with Crippen LogP contribution in [0.3, 0.4) is 0 Å². The van der Waals surface area contributed by atoms with E-state index < -0.39 is 0 Å². The highest BCUT2D eigenvalue weighted by atomic mass is 16.3. The summed E-state index contributed by atoms with van der Waals surface area (Å²) in [6.07, 6.45) is 3.62. The molecule has 0 unspecified atom stereocenters. The van der Waals surface area contributed by atoms with Gasteiger partial charge in [0.15, 0.2) is 0 Å². The smallest absolute Gasteiger partial charge is 0.220 e. The molecule has 1 aliphatic carbocycles. The average Bonchev–Trinajstić information content (AvgIpc) is 2.28. The number of hydrogen-bond acceptors (Lipinski definition) is 2. The second-order valence-electron chi connectivity index (χ2n) is 4.73. The van der Waals surface area contributed by atoms with Crippen molar-refractivity contribution in [2.24, 2.45) is 0 Å². The van der Waals surface area contributed by atoms with Gasteiger partial charge in [0.25, 0.3) is 0 Å². The number of carbonyl (C=O) groups is 1. The van der Waals surface area contributed by atoms with Crippen LogP contribution in [0.5, 0.6) is 0 Å². The van der Waals surface area contributed by atoms with Crippen LogP contribution in [0, 0.1) is 0 Å². The molecule has 1 aromatic carbocycles. The van der Waals surface area contributed by atoms with Gasteiger partial charge in [0.2, 0.25) is 5.91 Å². The van der Waals surface area contributed by atoms with Gasteiger partial charge in [-0.15, -0.1) is 0 Å². The van der Waals surface area contributed by atoms with Crippen molar-refractivity contribution in [3.63, 3.8) is 0 Å². The van der Waals surface area contributed by atoms with Crippen molar-refractivity contribution in [2.75, 3.05) is 0 Å². The first kappa shape index (κ1) is 12.1. The molecule has 3 nitrogen and oxygen atoms in total. The quantitative estimate of drug-likeness (QED) is 0.812. The number of amides is 1. The van der Waals surface area contributed by atoms with Crippen LogP contribution in [0.25, 0.3) is 0 Å². The van der Waals surface area contributed by atoms with Gasteiger partial charge in [-0.3, -0.25) is 4.79 Å². The molecule has 0 aromatic heterocycles. The van der Waals surface area contributed by atoms with E-state index in [4.69, 9.17) is 5.11 Å². The second-order valence-corrected chi connectivity index (χ2v) is 4.73. The normalized spacial score (nSPS) is 22.9. The fourth-order valence-corrected chi connectivity index (χ4v) is 2.10. The number of benzene rings is 1. The SMILES string of the molecule is O=C(CCCc1ccccc1)NC1CC(O)C1. The van der Waals surface area contributed by atoms with E-state index in [1.165, 1.54) is 5.56 Å². The van der Waals surface area contributed by atoms with E-state index in [0.717, 1.165) is 12.8 Å². The van der Waals surface area contributed by atoms with Gasteiger partial charge >= 0.3 is 0 Å². The Kier molecular flexibility index (Phi) is 4.15. The van der Waals surface area contributed by atoms with Crippen LogP contribution in [-0.2, 0) is 11.2 Å². The number of aliphatic hydroxyl groups excluding tert-OH is 1. The highest BCUT2D eigenvalue weighted by molar-refractivity contribution is 5.76. The van der Waals surface area contributed by atoms with Gasteiger partial charge in [-0.05, 0) is 31.2 Å². The molecule has 1 aliphatic rings. The zero-order valence-corrected chi connectivity index (χ0v) is 9.93. The molecule has 1 saturated carbocycles. The van der Waals surface area contributed by atoms with Crippen LogP contribution < -0.4 is 5.32 Å². The molecule has 2 rings (SSSR count). The molecule has 1 aromatic rings. The third-order valence-corrected chi connectivity index (χ3v) is 3.19. The van der Waals surface area contributed by atoms with Crippen LogP contribution in [-0.4, -0.2) is 23.2 Å². The summed E-state index contributed by atoms with van der Waals surface area (Å²) in [5, 5.41) is 12.0. The fourth-order valence-electron chi connectivity index (χ4n) is 2.10. The van der Waals surface area contributed by atoms with Crippen molar-refractivity contribution in [3.05, 3.63) is 35.9 Å². The van der Waals surface area contributed by atoms with Crippen LogP contribution >= 0.6 is 0 Å². The summed E-state index contributed by atoms with van der Waals surface area (Å²) in [5.41, 5.74) is 1.28. The van der Waals surface area contributed by atoms with E-state index in [1.54, 1.807) is 0 Å². The summed E-state index contributed by atoms with van der Waals surface area (Å²) >= 11 is 0. The van der Waals surface area contributed by atoms with Crippen molar-refractivity contribution in [1.29, 1.82) is 0 Å². The molecule has 17 heavy (non-hydrogen) atoms. The molecule has 1 fully saturated rings. The third-order valence-electron chi connectivity index (χ3n) is 3.19. The number of aliphatic hydroxyl groups is 1. The Labute approximate surface area is 102 Å². The van der Waals surface area contributed by atoms with Gasteiger partial charge in [0, 0.05) is 12.5 Å². The largest absolute Gasteiger partial charge is 0.393 e. The Morgan fingerprint density at radius 3 is 2.65 bits per heavy atom. The number of nitrogens with one attached hydrogen (secondary N) is 1. The molecule has 0 radical (unpaired) electrons. The monoisotopic (exact) mass is 233 g/mol. The number of rotatable bonds is 5. The van der Waals surface area contributed by atoms with Crippen LogP contribution in [0.1, 0.15) is 31.2 Å². The maximum atomic E-state index is 11.6. The zero-order valence-electron chi connectivity index (χ0n) is 9.93. The van der Waals surface area contributed by atoms with Gasteiger partial charge in [-0.25, -0.2) is 0 Å². The summed E-state index contributed by atoms with van der Waals surface area (Å²) in [7, 11) is 0. The second kappa shape index (κ2) is 5.82. The van der Waals surface area contributed by atoms with E-state index in [0.29, 0.717) is 19.3 Å².